The fourth-order valence-electron chi connectivity index (χ4n) is 2.34. The molecule has 7 heteroatoms. The fraction of sp³-hybridized carbons (Fsp3) is 0.188. The Balaban J connectivity index is 1.83. The number of aromatic carboxylic acids is 1. The van der Waals surface area contributed by atoms with E-state index in [4.69, 9.17) is 5.11 Å². The third-order valence-corrected chi connectivity index (χ3v) is 3.50. The van der Waals surface area contributed by atoms with Gasteiger partial charge >= 0.3 is 5.97 Å². The number of nitrogens with zero attached hydrogens (tertiary/aromatic N) is 3. The van der Waals surface area contributed by atoms with Gasteiger partial charge in [0.15, 0.2) is 6.29 Å². The van der Waals surface area contributed by atoms with Crippen molar-refractivity contribution in [3.8, 4) is 0 Å². The Labute approximate surface area is 133 Å². The van der Waals surface area contributed by atoms with Gasteiger partial charge in [-0.25, -0.2) is 9.79 Å². The van der Waals surface area contributed by atoms with Crippen LogP contribution < -0.4 is 10.6 Å². The molecule has 0 radical (unpaired) electrons. The third-order valence-electron chi connectivity index (χ3n) is 3.50. The van der Waals surface area contributed by atoms with E-state index in [0.717, 1.165) is 22.5 Å². The monoisotopic (exact) mass is 311 g/mol. The van der Waals surface area contributed by atoms with Crippen LogP contribution in [-0.4, -0.2) is 32.9 Å². The van der Waals surface area contributed by atoms with E-state index < -0.39 is 5.97 Å². The lowest BCUT2D eigenvalue weighted by Gasteiger charge is -2.22. The van der Waals surface area contributed by atoms with Gasteiger partial charge in [0.1, 0.15) is 0 Å². The highest BCUT2D eigenvalue weighted by Gasteiger charge is 2.16. The second-order valence-electron chi connectivity index (χ2n) is 5.30. The Hall–Kier alpha value is -3.09. The predicted octanol–water partition coefficient (Wildman–Crippen LogP) is 1.81. The number of benzene rings is 1. The summed E-state index contributed by atoms with van der Waals surface area (Å²) in [6.07, 6.45) is 5.17. The van der Waals surface area contributed by atoms with E-state index in [1.165, 1.54) is 0 Å². The Kier molecular flexibility index (Phi) is 3.84. The van der Waals surface area contributed by atoms with E-state index in [-0.39, 0.29) is 11.9 Å². The van der Waals surface area contributed by atoms with Crippen LogP contribution in [0, 0.1) is 0 Å². The molecular weight excluding hydrogens is 294 g/mol. The average Bonchev–Trinajstić information content (AvgIpc) is 2.94. The third kappa shape index (κ3) is 3.23. The first kappa shape index (κ1) is 14.8. The molecule has 0 bridgehead atoms. The van der Waals surface area contributed by atoms with Crippen molar-refractivity contribution in [3.05, 3.63) is 59.6 Å². The molecule has 2 aromatic rings. The first-order valence-corrected chi connectivity index (χ1v) is 7.13. The number of nitrogens with one attached hydrogen (secondary N) is 2. The van der Waals surface area contributed by atoms with Crippen LogP contribution in [-0.2, 0) is 7.05 Å². The summed E-state index contributed by atoms with van der Waals surface area (Å²) < 4.78 is 1.71. The minimum atomic E-state index is -0.938. The molecule has 118 valence electrons. The van der Waals surface area contributed by atoms with Crippen molar-refractivity contribution >= 4 is 17.4 Å². The molecule has 0 spiro atoms. The minimum absolute atomic E-state index is 0.259. The number of rotatable bonds is 4. The van der Waals surface area contributed by atoms with Crippen molar-refractivity contribution in [1.82, 2.24) is 15.1 Å². The molecule has 3 N–H and O–H groups in total. The molecule has 23 heavy (non-hydrogen) atoms. The van der Waals surface area contributed by atoms with Gasteiger partial charge in [-0.3, -0.25) is 4.68 Å². The van der Waals surface area contributed by atoms with Crippen LogP contribution in [0.3, 0.4) is 0 Å². The largest absolute Gasteiger partial charge is 0.478 e. The van der Waals surface area contributed by atoms with Gasteiger partial charge in [-0.05, 0) is 24.6 Å². The molecular formula is C16H17N5O2. The number of aliphatic imine (C=N–C) groups is 1. The standard InChI is InChI=1S/C16H17N5O2/c1-10-7-17-16(19-13-8-18-21(2)9-13)20-14(10)11-3-5-12(6-4-11)15(22)23/h3-9,16-17,19H,1-2H3,(H,22,23). The highest BCUT2D eigenvalue weighted by molar-refractivity contribution is 6.13. The molecule has 0 aliphatic carbocycles. The molecule has 1 aromatic heterocycles. The van der Waals surface area contributed by atoms with Crippen molar-refractivity contribution in [3.63, 3.8) is 0 Å². The van der Waals surface area contributed by atoms with Crippen molar-refractivity contribution in [1.29, 1.82) is 0 Å². The van der Waals surface area contributed by atoms with Gasteiger partial charge in [-0.15, -0.1) is 0 Å². The molecule has 0 fully saturated rings. The zero-order valence-corrected chi connectivity index (χ0v) is 12.8. The van der Waals surface area contributed by atoms with Crippen LogP contribution in [0.5, 0.6) is 0 Å². The quantitative estimate of drug-likeness (QED) is 0.801. The first-order chi connectivity index (χ1) is 11.0. The van der Waals surface area contributed by atoms with E-state index in [9.17, 15) is 4.79 Å². The summed E-state index contributed by atoms with van der Waals surface area (Å²) in [6.45, 7) is 1.96. The zero-order chi connectivity index (χ0) is 16.4. The van der Waals surface area contributed by atoms with Crippen LogP contribution in [0.25, 0.3) is 0 Å². The second-order valence-corrected chi connectivity index (χ2v) is 5.30. The van der Waals surface area contributed by atoms with E-state index >= 15 is 0 Å². The van der Waals surface area contributed by atoms with Crippen molar-refractivity contribution in [2.45, 2.75) is 13.2 Å². The second kappa shape index (κ2) is 5.96. The summed E-state index contributed by atoms with van der Waals surface area (Å²) in [7, 11) is 1.85. The molecule has 1 aliphatic rings. The van der Waals surface area contributed by atoms with Crippen LogP contribution in [0.15, 0.2) is 53.4 Å². The fourth-order valence-corrected chi connectivity index (χ4v) is 2.34. The van der Waals surface area contributed by atoms with E-state index in [0.29, 0.717) is 0 Å². The molecule has 1 unspecified atom stereocenters. The molecule has 0 saturated heterocycles. The summed E-state index contributed by atoms with van der Waals surface area (Å²) in [5.41, 5.74) is 3.81. The highest BCUT2D eigenvalue weighted by Crippen LogP contribution is 2.16. The average molecular weight is 311 g/mol. The molecule has 0 amide bonds. The number of anilines is 1. The maximum Gasteiger partial charge on any atom is 0.335 e. The molecule has 7 nitrogen and oxygen atoms in total. The predicted molar refractivity (Wildman–Crippen MR) is 87.4 cm³/mol. The van der Waals surface area contributed by atoms with Crippen LogP contribution in [0.2, 0.25) is 0 Å². The van der Waals surface area contributed by atoms with Gasteiger partial charge in [-0.1, -0.05) is 12.1 Å². The lowest BCUT2D eigenvalue weighted by atomic mass is 10.0. The smallest absolute Gasteiger partial charge is 0.335 e. The SMILES string of the molecule is CC1=CNC(Nc2cnn(C)c2)N=C1c1ccc(C(=O)O)cc1. The Morgan fingerprint density at radius 3 is 2.70 bits per heavy atom. The number of carboxylic acid groups (broad SMARTS) is 1. The minimum Gasteiger partial charge on any atom is -0.478 e. The lowest BCUT2D eigenvalue weighted by Crippen LogP contribution is -2.35. The molecule has 0 saturated carbocycles. The number of hydrogen-bond acceptors (Lipinski definition) is 5. The Bertz CT molecular complexity index is 789. The number of aromatic nitrogens is 2. The molecule has 1 atom stereocenters. The Morgan fingerprint density at radius 2 is 2.09 bits per heavy atom. The Morgan fingerprint density at radius 1 is 1.35 bits per heavy atom. The van der Waals surface area contributed by atoms with Crippen LogP contribution in [0.4, 0.5) is 5.69 Å². The number of allylic oxidation sites excluding steroid dienone is 1. The number of carbonyl (C=O) groups is 1. The van der Waals surface area contributed by atoms with E-state index in [1.807, 2.05) is 26.4 Å². The molecule has 3 rings (SSSR count). The topological polar surface area (TPSA) is 91.5 Å². The van der Waals surface area contributed by atoms with Gasteiger partial charge < -0.3 is 15.7 Å². The summed E-state index contributed by atoms with van der Waals surface area (Å²) >= 11 is 0. The van der Waals surface area contributed by atoms with Crippen LogP contribution in [0.1, 0.15) is 22.8 Å². The molecule has 1 aromatic carbocycles. The molecule has 2 heterocycles. The zero-order valence-electron chi connectivity index (χ0n) is 12.8. The number of carboxylic acids is 1. The van der Waals surface area contributed by atoms with Crippen molar-refractivity contribution < 1.29 is 9.90 Å². The normalized spacial score (nSPS) is 17.0. The lowest BCUT2D eigenvalue weighted by molar-refractivity contribution is 0.0697. The highest BCUT2D eigenvalue weighted by atomic mass is 16.4. The van der Waals surface area contributed by atoms with Crippen LogP contribution >= 0.6 is 0 Å². The van der Waals surface area contributed by atoms with Gasteiger partial charge in [0.05, 0.1) is 23.2 Å². The number of hydrogen-bond donors (Lipinski definition) is 3. The van der Waals surface area contributed by atoms with Gasteiger partial charge in [0, 0.05) is 25.0 Å². The van der Waals surface area contributed by atoms with Crippen molar-refractivity contribution in [2.75, 3.05) is 5.32 Å². The van der Waals surface area contributed by atoms with E-state index in [1.54, 1.807) is 35.1 Å². The summed E-state index contributed by atoms with van der Waals surface area (Å²) in [5, 5.41) is 19.5. The molecule has 1 aliphatic heterocycles. The summed E-state index contributed by atoms with van der Waals surface area (Å²) in [4.78, 5) is 15.6. The first-order valence-electron chi connectivity index (χ1n) is 7.13. The van der Waals surface area contributed by atoms with Gasteiger partial charge in [0.25, 0.3) is 0 Å². The van der Waals surface area contributed by atoms with Crippen molar-refractivity contribution in [2.24, 2.45) is 12.0 Å². The van der Waals surface area contributed by atoms with Gasteiger partial charge in [-0.2, -0.15) is 5.10 Å². The maximum atomic E-state index is 10.9. The van der Waals surface area contributed by atoms with E-state index in [2.05, 4.69) is 20.7 Å². The number of aryl methyl sites for hydroxylation is 1. The maximum absolute atomic E-state index is 10.9. The summed E-state index contributed by atoms with van der Waals surface area (Å²) in [6, 6.07) is 6.70. The summed E-state index contributed by atoms with van der Waals surface area (Å²) in [5.74, 6) is -0.938. The van der Waals surface area contributed by atoms with Gasteiger partial charge in [0.2, 0.25) is 0 Å².